The van der Waals surface area contributed by atoms with Crippen LogP contribution in [0.2, 0.25) is 0 Å². The van der Waals surface area contributed by atoms with E-state index in [4.69, 9.17) is 4.74 Å². The van der Waals surface area contributed by atoms with Gasteiger partial charge in [-0.25, -0.2) is 0 Å². The highest BCUT2D eigenvalue weighted by Gasteiger charge is 2.09. The van der Waals surface area contributed by atoms with Crippen molar-refractivity contribution in [3.63, 3.8) is 0 Å². The second-order valence-electron chi connectivity index (χ2n) is 4.88. The third kappa shape index (κ3) is 3.55. The minimum Gasteiger partial charge on any atom is -0.488 e. The lowest BCUT2D eigenvalue weighted by molar-refractivity contribution is 0.190. The fourth-order valence-corrected chi connectivity index (χ4v) is 1.97. The molecule has 1 N–H and O–H groups in total. The summed E-state index contributed by atoms with van der Waals surface area (Å²) < 4.78 is 5.82. The molecule has 1 aromatic heterocycles. The molecule has 1 atom stereocenters. The van der Waals surface area contributed by atoms with E-state index in [0.717, 1.165) is 28.0 Å². The predicted molar refractivity (Wildman–Crippen MR) is 75.1 cm³/mol. The molecule has 0 aliphatic carbocycles. The summed E-state index contributed by atoms with van der Waals surface area (Å²) in [5.74, 6) is 0.733. The molecule has 19 heavy (non-hydrogen) atoms. The number of rotatable bonds is 4. The highest BCUT2D eigenvalue weighted by atomic mass is 16.5. The Kier molecular flexibility index (Phi) is 4.17. The van der Waals surface area contributed by atoms with E-state index in [1.165, 1.54) is 0 Å². The van der Waals surface area contributed by atoms with Crippen LogP contribution in [-0.2, 0) is 6.61 Å². The monoisotopic (exact) mass is 257 g/mol. The molecule has 0 aliphatic heterocycles. The molecule has 0 saturated carbocycles. The van der Waals surface area contributed by atoms with Gasteiger partial charge in [-0.2, -0.15) is 0 Å². The molecule has 100 valence electrons. The molecule has 0 bridgehead atoms. The smallest absolute Gasteiger partial charge is 0.125 e. The minimum atomic E-state index is -0.536. The molecule has 3 heteroatoms. The van der Waals surface area contributed by atoms with Crippen LogP contribution in [0.1, 0.15) is 35.3 Å². The number of aryl methyl sites for hydroxylation is 2. The first-order chi connectivity index (χ1) is 9.06. The van der Waals surface area contributed by atoms with Crippen LogP contribution in [0.4, 0.5) is 0 Å². The number of ether oxygens (including phenoxy) is 1. The van der Waals surface area contributed by atoms with Crippen LogP contribution in [-0.4, -0.2) is 10.1 Å². The molecule has 2 rings (SSSR count). The highest BCUT2D eigenvalue weighted by molar-refractivity contribution is 5.38. The van der Waals surface area contributed by atoms with Crippen LogP contribution < -0.4 is 4.74 Å². The molecule has 1 aromatic carbocycles. The topological polar surface area (TPSA) is 42.4 Å². The van der Waals surface area contributed by atoms with Gasteiger partial charge >= 0.3 is 0 Å². The average molecular weight is 257 g/mol. The van der Waals surface area contributed by atoms with Gasteiger partial charge in [0, 0.05) is 23.5 Å². The van der Waals surface area contributed by atoms with Gasteiger partial charge in [-0.3, -0.25) is 4.98 Å². The summed E-state index contributed by atoms with van der Waals surface area (Å²) in [7, 11) is 0. The van der Waals surface area contributed by atoms with Crippen molar-refractivity contribution in [2.75, 3.05) is 0 Å². The quantitative estimate of drug-likeness (QED) is 0.913. The van der Waals surface area contributed by atoms with E-state index >= 15 is 0 Å². The fourth-order valence-electron chi connectivity index (χ4n) is 1.97. The molecule has 1 heterocycles. The molecule has 1 unspecified atom stereocenters. The zero-order valence-corrected chi connectivity index (χ0v) is 11.6. The van der Waals surface area contributed by atoms with Crippen LogP contribution in [0.3, 0.4) is 0 Å². The Labute approximate surface area is 113 Å². The van der Waals surface area contributed by atoms with Crippen molar-refractivity contribution in [1.29, 1.82) is 0 Å². The zero-order chi connectivity index (χ0) is 13.8. The molecule has 0 saturated heterocycles. The molecule has 0 radical (unpaired) electrons. The molecule has 0 aliphatic rings. The largest absolute Gasteiger partial charge is 0.488 e. The number of aliphatic hydroxyl groups is 1. The Balaban J connectivity index is 2.17. The van der Waals surface area contributed by atoms with E-state index in [0.29, 0.717) is 6.61 Å². The summed E-state index contributed by atoms with van der Waals surface area (Å²) in [4.78, 5) is 4.14. The van der Waals surface area contributed by atoms with Crippen LogP contribution >= 0.6 is 0 Å². The van der Waals surface area contributed by atoms with Gasteiger partial charge in [0.2, 0.25) is 0 Å². The molecule has 2 aromatic rings. The fraction of sp³-hybridized carbons (Fsp3) is 0.312. The lowest BCUT2D eigenvalue weighted by Crippen LogP contribution is -2.02. The molecule has 3 nitrogen and oxygen atoms in total. The third-order valence-electron chi connectivity index (χ3n) is 2.95. The highest BCUT2D eigenvalue weighted by Crippen LogP contribution is 2.27. The van der Waals surface area contributed by atoms with Crippen molar-refractivity contribution in [3.8, 4) is 5.75 Å². The minimum absolute atomic E-state index is 0.456. The number of aromatic nitrogens is 1. The van der Waals surface area contributed by atoms with E-state index in [1.807, 2.05) is 44.3 Å². The van der Waals surface area contributed by atoms with E-state index in [-0.39, 0.29) is 0 Å². The maximum atomic E-state index is 9.74. The molecule has 0 fully saturated rings. The van der Waals surface area contributed by atoms with Crippen LogP contribution in [0.5, 0.6) is 5.75 Å². The number of nitrogens with zero attached hydrogens (tertiary/aromatic N) is 1. The SMILES string of the molecule is Cc1cncc(COc2cc(C)ccc2C(C)O)c1. The van der Waals surface area contributed by atoms with Crippen molar-refractivity contribution in [1.82, 2.24) is 4.98 Å². The van der Waals surface area contributed by atoms with Crippen molar-refractivity contribution < 1.29 is 9.84 Å². The molecule has 0 spiro atoms. The van der Waals surface area contributed by atoms with Crippen molar-refractivity contribution in [2.45, 2.75) is 33.5 Å². The Morgan fingerprint density at radius 2 is 1.95 bits per heavy atom. The van der Waals surface area contributed by atoms with E-state index in [2.05, 4.69) is 4.98 Å². The first kappa shape index (κ1) is 13.6. The normalized spacial score (nSPS) is 12.2. The van der Waals surface area contributed by atoms with E-state index in [1.54, 1.807) is 13.1 Å². The number of aliphatic hydroxyl groups excluding tert-OH is 1. The van der Waals surface area contributed by atoms with Crippen molar-refractivity contribution in [2.24, 2.45) is 0 Å². The van der Waals surface area contributed by atoms with Gasteiger partial charge in [-0.15, -0.1) is 0 Å². The van der Waals surface area contributed by atoms with Gasteiger partial charge in [-0.05, 0) is 44.0 Å². The van der Waals surface area contributed by atoms with E-state index in [9.17, 15) is 5.11 Å². The van der Waals surface area contributed by atoms with Gasteiger partial charge in [0.15, 0.2) is 0 Å². The number of pyridine rings is 1. The number of benzene rings is 1. The maximum Gasteiger partial charge on any atom is 0.125 e. The molecule has 0 amide bonds. The van der Waals surface area contributed by atoms with Crippen LogP contribution in [0.25, 0.3) is 0 Å². The van der Waals surface area contributed by atoms with Gasteiger partial charge in [0.1, 0.15) is 12.4 Å². The van der Waals surface area contributed by atoms with Gasteiger partial charge in [0.25, 0.3) is 0 Å². The van der Waals surface area contributed by atoms with Crippen LogP contribution in [0.15, 0.2) is 36.7 Å². The lowest BCUT2D eigenvalue weighted by Gasteiger charge is -2.14. The summed E-state index contributed by atoms with van der Waals surface area (Å²) in [6.07, 6.45) is 3.08. The van der Waals surface area contributed by atoms with Crippen molar-refractivity contribution in [3.05, 3.63) is 58.9 Å². The second-order valence-corrected chi connectivity index (χ2v) is 4.88. The Hall–Kier alpha value is -1.87. The molecular weight excluding hydrogens is 238 g/mol. The summed E-state index contributed by atoms with van der Waals surface area (Å²) in [5.41, 5.74) is 4.06. The summed E-state index contributed by atoms with van der Waals surface area (Å²) >= 11 is 0. The zero-order valence-electron chi connectivity index (χ0n) is 11.6. The van der Waals surface area contributed by atoms with E-state index < -0.39 is 6.10 Å². The van der Waals surface area contributed by atoms with Gasteiger partial charge in [0.05, 0.1) is 6.10 Å². The van der Waals surface area contributed by atoms with Gasteiger partial charge < -0.3 is 9.84 Å². The Morgan fingerprint density at radius 1 is 1.16 bits per heavy atom. The van der Waals surface area contributed by atoms with Gasteiger partial charge in [-0.1, -0.05) is 12.1 Å². The Morgan fingerprint density at radius 3 is 2.63 bits per heavy atom. The number of hydrogen-bond donors (Lipinski definition) is 1. The third-order valence-corrected chi connectivity index (χ3v) is 2.95. The standard InChI is InChI=1S/C16H19NO2/c1-11-4-5-15(13(3)18)16(7-11)19-10-14-6-12(2)8-17-9-14/h4-9,13,18H,10H2,1-3H3. The number of hydrogen-bond acceptors (Lipinski definition) is 3. The first-order valence-electron chi connectivity index (χ1n) is 6.38. The second kappa shape index (κ2) is 5.85. The Bertz CT molecular complexity index is 564. The summed E-state index contributed by atoms with van der Waals surface area (Å²) in [6, 6.07) is 7.88. The first-order valence-corrected chi connectivity index (χ1v) is 6.38. The summed E-state index contributed by atoms with van der Waals surface area (Å²) in [5, 5.41) is 9.74. The predicted octanol–water partition coefficient (Wildman–Crippen LogP) is 3.33. The maximum absolute atomic E-state index is 9.74. The summed E-state index contributed by atoms with van der Waals surface area (Å²) in [6.45, 7) is 6.21. The average Bonchev–Trinajstić information content (AvgIpc) is 2.36. The van der Waals surface area contributed by atoms with Crippen LogP contribution in [0, 0.1) is 13.8 Å². The van der Waals surface area contributed by atoms with Crippen molar-refractivity contribution >= 4 is 0 Å². The molecular formula is C16H19NO2. The lowest BCUT2D eigenvalue weighted by atomic mass is 10.1.